The summed E-state index contributed by atoms with van der Waals surface area (Å²) in [5.41, 5.74) is 6.19. The maximum absolute atomic E-state index is 13.2. The molecule has 3 rings (SSSR count). The number of nitrogens with two attached hydrogens (primary N) is 1. The Balaban J connectivity index is 0.000000313. The number of aldehydes is 1. The van der Waals surface area contributed by atoms with Crippen LogP contribution in [0.5, 0.6) is 5.75 Å². The molecule has 2 aromatic carbocycles. The standard InChI is InChI=1S/C14H20FNO.C11H13O2P.CH5N/c1-11(10-16-6-2-3-7-16)8-12-4-5-14(17)13(15)9-12;12-8-2-1-3-11(13)9-4-6-10(14)7-5-9;1-2/h4-5,9,11,17H,2-3,6-8,10H2,1H3;4-8H,1-3,14H2;2H2,1H3. The summed E-state index contributed by atoms with van der Waals surface area (Å²) >= 11 is 0. The first-order valence-corrected chi connectivity index (χ1v) is 12.1. The topological polar surface area (TPSA) is 83.6 Å². The number of ketones is 1. The number of Topliss-reactive ketones (excluding diaryl/α,β-unsaturated/α-hetero) is 1. The summed E-state index contributed by atoms with van der Waals surface area (Å²) in [4.78, 5) is 24.0. The number of benzene rings is 2. The number of phenolic OH excluding ortho intramolecular Hbond substituents is 1. The molecule has 1 saturated heterocycles. The van der Waals surface area contributed by atoms with Crippen molar-refractivity contribution < 1.29 is 19.1 Å². The van der Waals surface area contributed by atoms with Crippen molar-refractivity contribution in [3.05, 3.63) is 59.4 Å². The predicted octanol–water partition coefficient (Wildman–Crippen LogP) is 4.12. The number of aromatic hydroxyl groups is 1. The molecule has 2 aromatic rings. The number of nitrogens with zero attached hydrogens (tertiary/aromatic N) is 1. The van der Waals surface area contributed by atoms with Crippen LogP contribution in [0.2, 0.25) is 0 Å². The smallest absolute Gasteiger partial charge is 0.165 e. The molecule has 7 heteroatoms. The fourth-order valence-electron chi connectivity index (χ4n) is 3.71. The van der Waals surface area contributed by atoms with Gasteiger partial charge in [0.1, 0.15) is 6.29 Å². The quantitative estimate of drug-likeness (QED) is 0.246. The number of hydrogen-bond acceptors (Lipinski definition) is 5. The van der Waals surface area contributed by atoms with E-state index < -0.39 is 5.82 Å². The fraction of sp³-hybridized carbons (Fsp3) is 0.462. The van der Waals surface area contributed by atoms with Crippen LogP contribution in [-0.2, 0) is 11.2 Å². The highest BCUT2D eigenvalue weighted by atomic mass is 31.0. The third kappa shape index (κ3) is 11.5. The van der Waals surface area contributed by atoms with Crippen LogP contribution in [0.3, 0.4) is 0 Å². The van der Waals surface area contributed by atoms with Crippen molar-refractivity contribution in [1.82, 2.24) is 4.90 Å². The van der Waals surface area contributed by atoms with E-state index in [2.05, 4.69) is 26.8 Å². The van der Waals surface area contributed by atoms with Gasteiger partial charge in [0, 0.05) is 24.9 Å². The summed E-state index contributed by atoms with van der Waals surface area (Å²) in [7, 11) is 4.07. The molecular weight excluding hydrogens is 438 g/mol. The van der Waals surface area contributed by atoms with Gasteiger partial charge in [0.15, 0.2) is 17.3 Å². The van der Waals surface area contributed by atoms with Crippen molar-refractivity contribution in [3.63, 3.8) is 0 Å². The number of phenols is 1. The molecule has 5 nitrogen and oxygen atoms in total. The normalized spacial score (nSPS) is 13.8. The fourth-order valence-corrected chi connectivity index (χ4v) is 3.90. The van der Waals surface area contributed by atoms with Crippen molar-refractivity contribution in [2.24, 2.45) is 11.7 Å². The second-order valence-corrected chi connectivity index (χ2v) is 8.87. The third-order valence-electron chi connectivity index (χ3n) is 5.32. The van der Waals surface area contributed by atoms with E-state index in [0.29, 0.717) is 25.2 Å². The van der Waals surface area contributed by atoms with Crippen LogP contribution in [0.1, 0.15) is 54.9 Å². The van der Waals surface area contributed by atoms with Crippen LogP contribution < -0.4 is 11.0 Å². The molecule has 33 heavy (non-hydrogen) atoms. The van der Waals surface area contributed by atoms with Gasteiger partial charge in [-0.2, -0.15) is 0 Å². The Kier molecular flexibility index (Phi) is 14.4. The Morgan fingerprint density at radius 1 is 1.18 bits per heavy atom. The van der Waals surface area contributed by atoms with Gasteiger partial charge < -0.3 is 20.5 Å². The van der Waals surface area contributed by atoms with Gasteiger partial charge in [-0.05, 0) is 74.7 Å². The average Bonchev–Trinajstić information content (AvgIpc) is 3.31. The molecular formula is C26H38FN2O3P. The lowest BCUT2D eigenvalue weighted by Crippen LogP contribution is -2.26. The minimum absolute atomic E-state index is 0.108. The van der Waals surface area contributed by atoms with Gasteiger partial charge in [-0.3, -0.25) is 4.79 Å². The average molecular weight is 477 g/mol. The number of likely N-dealkylation sites (tertiary alicyclic amines) is 1. The van der Waals surface area contributed by atoms with Gasteiger partial charge in [-0.25, -0.2) is 4.39 Å². The number of hydrogen-bond donors (Lipinski definition) is 2. The van der Waals surface area contributed by atoms with Crippen LogP contribution >= 0.6 is 9.24 Å². The lowest BCUT2D eigenvalue weighted by Gasteiger charge is -2.20. The first-order valence-electron chi connectivity index (χ1n) is 11.5. The maximum Gasteiger partial charge on any atom is 0.165 e. The van der Waals surface area contributed by atoms with Gasteiger partial charge in [0.2, 0.25) is 0 Å². The van der Waals surface area contributed by atoms with Crippen LogP contribution in [0, 0.1) is 11.7 Å². The van der Waals surface area contributed by atoms with Crippen LogP contribution in [0.15, 0.2) is 42.5 Å². The molecule has 0 aromatic heterocycles. The molecule has 2 atom stereocenters. The molecule has 0 saturated carbocycles. The van der Waals surface area contributed by atoms with Crippen molar-refractivity contribution in [2.75, 3.05) is 26.7 Å². The Morgan fingerprint density at radius 2 is 1.82 bits per heavy atom. The van der Waals surface area contributed by atoms with Gasteiger partial charge in [-0.1, -0.05) is 37.3 Å². The highest BCUT2D eigenvalue weighted by Gasteiger charge is 2.15. The third-order valence-corrected chi connectivity index (χ3v) is 5.71. The van der Waals surface area contributed by atoms with E-state index in [-0.39, 0.29) is 11.5 Å². The monoisotopic (exact) mass is 476 g/mol. The largest absolute Gasteiger partial charge is 0.505 e. The van der Waals surface area contributed by atoms with E-state index in [9.17, 15) is 14.0 Å². The number of carbonyl (C=O) groups excluding carboxylic acids is 2. The molecule has 1 aliphatic rings. The highest BCUT2D eigenvalue weighted by Crippen LogP contribution is 2.19. The zero-order valence-corrected chi connectivity index (χ0v) is 21.0. The van der Waals surface area contributed by atoms with Crippen LogP contribution in [-0.4, -0.2) is 48.8 Å². The summed E-state index contributed by atoms with van der Waals surface area (Å²) < 4.78 is 13.2. The van der Waals surface area contributed by atoms with E-state index in [4.69, 9.17) is 5.11 Å². The van der Waals surface area contributed by atoms with Crippen molar-refractivity contribution in [1.29, 1.82) is 0 Å². The molecule has 0 amide bonds. The second kappa shape index (κ2) is 16.5. The molecule has 182 valence electrons. The zero-order chi connectivity index (χ0) is 24.6. The molecule has 0 radical (unpaired) electrons. The Morgan fingerprint density at radius 3 is 2.39 bits per heavy atom. The second-order valence-electron chi connectivity index (χ2n) is 8.21. The van der Waals surface area contributed by atoms with Gasteiger partial charge in [-0.15, -0.1) is 9.24 Å². The number of carbonyl (C=O) groups is 2. The molecule has 3 N–H and O–H groups in total. The van der Waals surface area contributed by atoms with Crippen molar-refractivity contribution in [2.45, 2.75) is 45.4 Å². The molecule has 0 aliphatic carbocycles. The van der Waals surface area contributed by atoms with E-state index in [1.807, 2.05) is 24.3 Å². The van der Waals surface area contributed by atoms with E-state index >= 15 is 0 Å². The molecule has 1 aliphatic heterocycles. The van der Waals surface area contributed by atoms with Gasteiger partial charge >= 0.3 is 0 Å². The lowest BCUT2D eigenvalue weighted by molar-refractivity contribution is -0.107. The summed E-state index contributed by atoms with van der Waals surface area (Å²) in [5.74, 6) is -0.147. The maximum atomic E-state index is 13.2. The van der Waals surface area contributed by atoms with Gasteiger partial charge in [0.25, 0.3) is 0 Å². The first kappa shape index (κ1) is 28.9. The van der Waals surface area contributed by atoms with Gasteiger partial charge in [0.05, 0.1) is 0 Å². The number of rotatable bonds is 9. The summed E-state index contributed by atoms with van der Waals surface area (Å²) in [6.07, 6.45) is 5.89. The molecule has 0 bridgehead atoms. The Labute approximate surface area is 199 Å². The summed E-state index contributed by atoms with van der Waals surface area (Å²) in [5, 5.41) is 10.2. The SMILES string of the molecule is CC(Cc1ccc(O)c(F)c1)CN1CCCC1.CN.O=CCCCC(=O)c1ccc(P)cc1. The first-order chi connectivity index (χ1) is 15.9. The van der Waals surface area contributed by atoms with E-state index in [1.165, 1.54) is 45.1 Å². The molecule has 1 heterocycles. The Hall–Kier alpha value is -2.14. The molecule has 2 unspecified atom stereocenters. The minimum atomic E-state index is -0.518. The number of unbranched alkanes of at least 4 members (excludes halogenated alkanes) is 1. The summed E-state index contributed by atoms with van der Waals surface area (Å²) in [6.45, 7) is 5.69. The molecule has 0 spiro atoms. The number of halogens is 1. The Bertz CT molecular complexity index is 840. The van der Waals surface area contributed by atoms with E-state index in [0.717, 1.165) is 35.7 Å². The highest BCUT2D eigenvalue weighted by molar-refractivity contribution is 7.27. The zero-order valence-electron chi connectivity index (χ0n) is 19.8. The minimum Gasteiger partial charge on any atom is -0.505 e. The van der Waals surface area contributed by atoms with Crippen molar-refractivity contribution >= 4 is 26.6 Å². The predicted molar refractivity (Wildman–Crippen MR) is 137 cm³/mol. The lowest BCUT2D eigenvalue weighted by atomic mass is 10.0. The van der Waals surface area contributed by atoms with E-state index in [1.54, 1.807) is 6.07 Å². The van der Waals surface area contributed by atoms with Crippen LogP contribution in [0.25, 0.3) is 0 Å². The van der Waals surface area contributed by atoms with Crippen molar-refractivity contribution in [3.8, 4) is 5.75 Å². The molecule has 1 fully saturated rings. The summed E-state index contributed by atoms with van der Waals surface area (Å²) in [6, 6.07) is 12.1. The van der Waals surface area contributed by atoms with Crippen LogP contribution in [0.4, 0.5) is 4.39 Å².